The van der Waals surface area contributed by atoms with Gasteiger partial charge in [-0.25, -0.2) is 15.0 Å². The van der Waals surface area contributed by atoms with Crippen molar-refractivity contribution in [2.75, 3.05) is 46.5 Å². The van der Waals surface area contributed by atoms with E-state index in [2.05, 4.69) is 113 Å². The fourth-order valence-electron chi connectivity index (χ4n) is 7.96. The zero-order valence-electron chi connectivity index (χ0n) is 40.2. The van der Waals surface area contributed by atoms with E-state index in [0.29, 0.717) is 0 Å². The molecule has 9 aromatic rings. The van der Waals surface area contributed by atoms with Crippen LogP contribution in [-0.2, 0) is 17.8 Å². The van der Waals surface area contributed by atoms with Crippen LogP contribution in [0.2, 0.25) is 0 Å². The molecular weight excluding hydrogens is 840 g/mol. The molecule has 0 bridgehead atoms. The number of carbonyl (C=O) groups is 1. The van der Waals surface area contributed by atoms with Crippen molar-refractivity contribution in [1.29, 1.82) is 0 Å². The molecule has 3 aromatic heterocycles. The van der Waals surface area contributed by atoms with E-state index in [1.807, 2.05) is 48.5 Å². The average molecular weight is 905 g/mol. The van der Waals surface area contributed by atoms with Crippen molar-refractivity contribution in [3.8, 4) is 0 Å². The van der Waals surface area contributed by atoms with Gasteiger partial charge in [0.2, 0.25) is 0 Å². The molecule has 67 heavy (non-hydrogen) atoms. The molecule has 0 spiro atoms. The number of pyridine rings is 3. The second-order valence-corrected chi connectivity index (χ2v) is 15.6. The van der Waals surface area contributed by atoms with Crippen molar-refractivity contribution >= 4 is 80.1 Å². The topological polar surface area (TPSA) is 161 Å². The van der Waals surface area contributed by atoms with E-state index in [0.717, 1.165) is 141 Å². The number of nitrogens with one attached hydrogen (secondary N) is 2. The molecule has 10 nitrogen and oxygen atoms in total. The van der Waals surface area contributed by atoms with Gasteiger partial charge in [-0.3, -0.25) is 4.79 Å². The van der Waals surface area contributed by atoms with Crippen molar-refractivity contribution in [1.82, 2.24) is 25.6 Å². The smallest absolute Gasteiger partial charge is 1.00 e. The second kappa shape index (κ2) is 30.3. The Morgan fingerprint density at radius 1 is 0.507 bits per heavy atom. The number of aromatic nitrogens is 3. The van der Waals surface area contributed by atoms with Crippen LogP contribution in [-0.4, -0.2) is 81.3 Å². The summed E-state index contributed by atoms with van der Waals surface area (Å²) in [5, 5.41) is 21.1. The van der Waals surface area contributed by atoms with Gasteiger partial charge >= 0.3 is 29.6 Å². The van der Waals surface area contributed by atoms with Gasteiger partial charge < -0.3 is 33.4 Å². The van der Waals surface area contributed by atoms with Crippen molar-refractivity contribution in [2.24, 2.45) is 11.5 Å². The van der Waals surface area contributed by atoms with Gasteiger partial charge in [0.1, 0.15) is 0 Å². The number of hydrogen-bond acceptors (Lipinski definition) is 10. The normalized spacial score (nSPS) is 11.5. The summed E-state index contributed by atoms with van der Waals surface area (Å²) in [6.45, 7) is 7.24. The number of benzene rings is 6. The average Bonchev–Trinajstić information content (AvgIpc) is 3.97. The van der Waals surface area contributed by atoms with Crippen LogP contribution in [0, 0.1) is 0 Å². The van der Waals surface area contributed by atoms with Gasteiger partial charge in [-0.15, -0.1) is 0 Å². The van der Waals surface area contributed by atoms with Crippen molar-refractivity contribution in [3.63, 3.8) is 0 Å². The van der Waals surface area contributed by atoms with Crippen molar-refractivity contribution < 1.29 is 45.6 Å². The molecular formula is C55H64BN7NaO3. The summed E-state index contributed by atoms with van der Waals surface area (Å²) in [6.07, 6.45) is 7.86. The number of hydrogen-bond donors (Lipinski definition) is 5. The Kier molecular flexibility index (Phi) is 24.6. The zero-order valence-corrected chi connectivity index (χ0v) is 41.2. The van der Waals surface area contributed by atoms with Gasteiger partial charge in [0, 0.05) is 79.7 Å². The Labute approximate surface area is 420 Å². The van der Waals surface area contributed by atoms with Gasteiger partial charge in [-0.1, -0.05) is 109 Å². The SMILES string of the molecule is C1CCOC1.CO.NCCCCN.O=Cc1c2ccccc2nc2ccccc12.[B].[H-].[Na+].c1ccc2c(CNCCCCNCc3c4ccccc4nc4ccccc34)c3ccccc3nc2c1. The molecule has 0 unspecified atom stereocenters. The maximum absolute atomic E-state index is 11.2. The minimum Gasteiger partial charge on any atom is -1.00 e. The van der Waals surface area contributed by atoms with E-state index in [1.165, 1.54) is 45.5 Å². The Morgan fingerprint density at radius 2 is 0.791 bits per heavy atom. The van der Waals surface area contributed by atoms with Crippen molar-refractivity contribution in [2.45, 2.75) is 51.6 Å². The number of para-hydroxylation sites is 6. The number of unbranched alkanes of at least 4 members (excludes halogenated alkanes) is 2. The summed E-state index contributed by atoms with van der Waals surface area (Å²) in [7, 11) is 1.00. The van der Waals surface area contributed by atoms with Crippen LogP contribution in [0.3, 0.4) is 0 Å². The van der Waals surface area contributed by atoms with E-state index in [9.17, 15) is 4.79 Å². The van der Waals surface area contributed by atoms with Crippen LogP contribution in [0.4, 0.5) is 0 Å². The summed E-state index contributed by atoms with van der Waals surface area (Å²) >= 11 is 0. The van der Waals surface area contributed by atoms with Crippen LogP contribution >= 0.6 is 0 Å². The van der Waals surface area contributed by atoms with E-state index >= 15 is 0 Å². The summed E-state index contributed by atoms with van der Waals surface area (Å²) in [4.78, 5) is 25.4. The summed E-state index contributed by atoms with van der Waals surface area (Å²) in [5.41, 5.74) is 19.7. The first kappa shape index (κ1) is 54.4. The fraction of sp³-hybridized carbons (Fsp3) is 0.273. The van der Waals surface area contributed by atoms with E-state index in [4.69, 9.17) is 31.3 Å². The quantitative estimate of drug-likeness (QED) is 0.0362. The first-order chi connectivity index (χ1) is 32.2. The minimum atomic E-state index is 0. The standard InChI is InChI=1S/C32H30N4.C14H9NO.C4H12N2.C4H8O.CH4O.B.Na.H/c1-5-15-29-23(11-1)27(24-12-2-6-16-30(24)35-29)21-33-19-9-10-20-34-22-28-25-13-3-7-17-31(25)36-32-18-8-4-14-26(28)32;16-9-12-10-5-1-3-7-13(10)15-14-8-4-2-6-11(12)14;5-3-1-2-4-6;1-2-4-5-3-1;1-2;;;/h1-8,11-18,33-34H,9-10,19-22H2;1-9H;1-6H2;1-4H2;2H,1H3;;;/q;;;;;;+1;-1. The molecule has 7 N–H and O–H groups in total. The number of aldehydes is 1. The number of aliphatic hydroxyl groups excluding tert-OH is 1. The van der Waals surface area contributed by atoms with Crippen LogP contribution in [0.15, 0.2) is 146 Å². The summed E-state index contributed by atoms with van der Waals surface area (Å²) in [6, 6.07) is 49.2. The predicted molar refractivity (Wildman–Crippen MR) is 278 cm³/mol. The molecule has 4 heterocycles. The first-order valence-electron chi connectivity index (χ1n) is 22.8. The third-order valence-electron chi connectivity index (χ3n) is 11.2. The summed E-state index contributed by atoms with van der Waals surface area (Å²) < 4.78 is 4.94. The van der Waals surface area contributed by atoms with Crippen LogP contribution in [0.5, 0.6) is 0 Å². The predicted octanol–water partition coefficient (Wildman–Crippen LogP) is 6.77. The number of nitrogens with zero attached hydrogens (tertiary/aromatic N) is 3. The largest absolute Gasteiger partial charge is 1.00 e. The number of aliphatic hydroxyl groups is 1. The molecule has 0 atom stereocenters. The molecule has 341 valence electrons. The molecule has 0 aliphatic carbocycles. The Hall–Kier alpha value is -5.18. The third kappa shape index (κ3) is 15.2. The first-order valence-corrected chi connectivity index (χ1v) is 22.8. The van der Waals surface area contributed by atoms with E-state index in [1.54, 1.807) is 0 Å². The monoisotopic (exact) mass is 905 g/mol. The third-order valence-corrected chi connectivity index (χ3v) is 11.2. The molecule has 6 aromatic carbocycles. The number of rotatable bonds is 13. The molecule has 1 fully saturated rings. The van der Waals surface area contributed by atoms with Gasteiger partial charge in [0.25, 0.3) is 0 Å². The maximum atomic E-state index is 11.2. The zero-order chi connectivity index (χ0) is 45.5. The number of fused-ring (bicyclic) bond motifs is 6. The van der Waals surface area contributed by atoms with Gasteiger partial charge in [0.05, 0.1) is 33.1 Å². The molecule has 1 aliphatic rings. The fourth-order valence-corrected chi connectivity index (χ4v) is 7.96. The molecule has 0 amide bonds. The molecule has 12 heteroatoms. The van der Waals surface area contributed by atoms with Crippen LogP contribution in [0.25, 0.3) is 65.4 Å². The van der Waals surface area contributed by atoms with E-state index < -0.39 is 0 Å². The molecule has 0 saturated carbocycles. The van der Waals surface area contributed by atoms with Gasteiger partial charge in [0.15, 0.2) is 6.29 Å². The molecule has 3 radical (unpaired) electrons. The Balaban J connectivity index is 0.000000315. The number of ether oxygens (including phenoxy) is 1. The number of carbonyl (C=O) groups excluding carboxylic acids is 1. The Bertz CT molecular complexity index is 2590. The Morgan fingerprint density at radius 3 is 1.06 bits per heavy atom. The van der Waals surface area contributed by atoms with Crippen molar-refractivity contribution in [3.05, 3.63) is 162 Å². The maximum Gasteiger partial charge on any atom is 1.00 e. The van der Waals surface area contributed by atoms with Crippen LogP contribution in [0.1, 0.15) is 61.4 Å². The molecule has 1 saturated heterocycles. The van der Waals surface area contributed by atoms with Gasteiger partial charge in [-0.2, -0.15) is 0 Å². The van der Waals surface area contributed by atoms with Gasteiger partial charge in [-0.05, 0) is 112 Å². The van der Waals surface area contributed by atoms with Crippen LogP contribution < -0.4 is 51.7 Å². The minimum absolute atomic E-state index is 0. The van der Waals surface area contributed by atoms with E-state index in [-0.39, 0.29) is 39.4 Å². The second-order valence-electron chi connectivity index (χ2n) is 15.6. The molecule has 10 rings (SSSR count). The molecule has 1 aliphatic heterocycles. The summed E-state index contributed by atoms with van der Waals surface area (Å²) in [5.74, 6) is 0. The number of nitrogens with two attached hydrogens (primary N) is 2.